The first kappa shape index (κ1) is 10.2. The Morgan fingerprint density at radius 2 is 2.08 bits per heavy atom. The van der Waals surface area contributed by atoms with E-state index < -0.39 is 9.84 Å². The van der Waals surface area contributed by atoms with Crippen LogP contribution in [0.4, 0.5) is 0 Å². The Hall–Kier alpha value is -0.840. The van der Waals surface area contributed by atoms with Crippen molar-refractivity contribution >= 4 is 15.7 Å². The molecule has 1 N–H and O–H groups in total. The second-order valence-corrected chi connectivity index (χ2v) is 5.39. The van der Waals surface area contributed by atoms with Crippen molar-refractivity contribution < 1.29 is 13.2 Å². The molecule has 1 rings (SSSR count). The van der Waals surface area contributed by atoms with Crippen molar-refractivity contribution in [3.63, 3.8) is 0 Å². The fourth-order valence-corrected chi connectivity index (χ4v) is 1.31. The Labute approximate surface area is 77.9 Å². The van der Waals surface area contributed by atoms with Crippen molar-refractivity contribution in [2.75, 3.05) is 6.26 Å². The molecule has 1 amide bonds. The van der Waals surface area contributed by atoms with Crippen molar-refractivity contribution in [2.45, 2.75) is 19.4 Å². The van der Waals surface area contributed by atoms with E-state index in [-0.39, 0.29) is 11.9 Å². The zero-order valence-corrected chi connectivity index (χ0v) is 8.47. The predicted molar refractivity (Wildman–Crippen MR) is 49.7 cm³/mol. The summed E-state index contributed by atoms with van der Waals surface area (Å²) in [7, 11) is -3.19. The van der Waals surface area contributed by atoms with Gasteiger partial charge in [0.05, 0.1) is 0 Å². The van der Waals surface area contributed by atoms with Gasteiger partial charge in [0.25, 0.3) is 0 Å². The first-order valence-corrected chi connectivity index (χ1v) is 6.02. The maximum Gasteiger partial charge on any atom is 0.244 e. The smallest absolute Gasteiger partial charge is 0.244 e. The Bertz CT molecular complexity index is 331. The second kappa shape index (κ2) is 3.49. The number of carbonyl (C=O) groups is 1. The quantitative estimate of drug-likeness (QED) is 0.660. The molecule has 0 heterocycles. The van der Waals surface area contributed by atoms with Gasteiger partial charge in [-0.1, -0.05) is 6.92 Å². The molecule has 74 valence electrons. The maximum atomic E-state index is 11.0. The lowest BCUT2D eigenvalue weighted by molar-refractivity contribution is -0.116. The van der Waals surface area contributed by atoms with E-state index in [2.05, 4.69) is 5.32 Å². The minimum Gasteiger partial charge on any atom is -0.350 e. The molecule has 5 heteroatoms. The maximum absolute atomic E-state index is 11.0. The largest absolute Gasteiger partial charge is 0.350 e. The highest BCUT2D eigenvalue weighted by molar-refractivity contribution is 7.93. The molecule has 4 nitrogen and oxygen atoms in total. The summed E-state index contributed by atoms with van der Waals surface area (Å²) >= 11 is 0. The van der Waals surface area contributed by atoms with Gasteiger partial charge >= 0.3 is 0 Å². The zero-order valence-electron chi connectivity index (χ0n) is 7.65. The molecule has 2 atom stereocenters. The van der Waals surface area contributed by atoms with Crippen LogP contribution < -0.4 is 5.32 Å². The number of hydrogen-bond acceptors (Lipinski definition) is 3. The summed E-state index contributed by atoms with van der Waals surface area (Å²) in [6, 6.07) is 0.233. The van der Waals surface area contributed by atoms with Crippen molar-refractivity contribution in [2.24, 2.45) is 5.92 Å². The van der Waals surface area contributed by atoms with Crippen LogP contribution in [-0.4, -0.2) is 26.6 Å². The molecule has 1 aliphatic rings. The molecule has 0 aromatic carbocycles. The summed E-state index contributed by atoms with van der Waals surface area (Å²) in [5.41, 5.74) is 0. The van der Waals surface area contributed by atoms with E-state index in [1.54, 1.807) is 0 Å². The van der Waals surface area contributed by atoms with E-state index >= 15 is 0 Å². The van der Waals surface area contributed by atoms with Gasteiger partial charge < -0.3 is 5.32 Å². The van der Waals surface area contributed by atoms with Crippen LogP contribution in [0.2, 0.25) is 0 Å². The molecule has 0 aliphatic heterocycles. The Morgan fingerprint density at radius 1 is 1.54 bits per heavy atom. The number of carbonyl (C=O) groups excluding carboxylic acids is 1. The summed E-state index contributed by atoms with van der Waals surface area (Å²) in [6.07, 6.45) is 3.09. The van der Waals surface area contributed by atoms with Gasteiger partial charge in [0.15, 0.2) is 9.84 Å². The molecule has 0 aromatic heterocycles. The van der Waals surface area contributed by atoms with Crippen molar-refractivity contribution in [1.82, 2.24) is 5.32 Å². The lowest BCUT2D eigenvalue weighted by atomic mass is 10.4. The number of nitrogens with one attached hydrogen (secondary N) is 1. The van der Waals surface area contributed by atoms with E-state index in [1.807, 2.05) is 6.92 Å². The zero-order chi connectivity index (χ0) is 10.1. The summed E-state index contributed by atoms with van der Waals surface area (Å²) in [5, 5.41) is 3.60. The van der Waals surface area contributed by atoms with Gasteiger partial charge in [-0.3, -0.25) is 4.79 Å². The summed E-state index contributed by atoms with van der Waals surface area (Å²) in [6.45, 7) is 2.03. The predicted octanol–water partition coefficient (Wildman–Crippen LogP) is 0.0693. The van der Waals surface area contributed by atoms with Crippen LogP contribution in [0, 0.1) is 5.92 Å². The SMILES string of the molecule is CC1CC1NC(=O)/C=C/S(C)(=O)=O. The molecular formula is C8H13NO3S. The molecule has 0 bridgehead atoms. The minimum atomic E-state index is -3.19. The molecular weight excluding hydrogens is 190 g/mol. The van der Waals surface area contributed by atoms with E-state index in [0.717, 1.165) is 24.2 Å². The van der Waals surface area contributed by atoms with Gasteiger partial charge in [0.2, 0.25) is 5.91 Å². The summed E-state index contributed by atoms with van der Waals surface area (Å²) in [4.78, 5) is 11.0. The normalized spacial score (nSPS) is 27.5. The van der Waals surface area contributed by atoms with Crippen molar-refractivity contribution in [3.8, 4) is 0 Å². The summed E-state index contributed by atoms with van der Waals surface area (Å²) in [5.74, 6) is 0.190. The Balaban J connectivity index is 2.38. The fourth-order valence-electron chi connectivity index (χ4n) is 0.939. The third-order valence-corrected chi connectivity index (χ3v) is 2.53. The number of rotatable bonds is 3. The highest BCUT2D eigenvalue weighted by atomic mass is 32.2. The number of sulfone groups is 1. The first-order valence-electron chi connectivity index (χ1n) is 4.07. The number of amides is 1. The highest BCUT2D eigenvalue weighted by Crippen LogP contribution is 2.28. The average Bonchev–Trinajstić information content (AvgIpc) is 2.61. The molecule has 1 saturated carbocycles. The molecule has 1 fully saturated rings. The molecule has 0 radical (unpaired) electrons. The Kier molecular flexibility index (Phi) is 2.75. The van der Waals surface area contributed by atoms with Crippen LogP contribution in [0.3, 0.4) is 0 Å². The van der Waals surface area contributed by atoms with E-state index in [1.165, 1.54) is 0 Å². The minimum absolute atomic E-state index is 0.233. The highest BCUT2D eigenvalue weighted by Gasteiger charge is 2.33. The van der Waals surface area contributed by atoms with Gasteiger partial charge in [0, 0.05) is 23.8 Å². The van der Waals surface area contributed by atoms with E-state index in [0.29, 0.717) is 5.92 Å². The van der Waals surface area contributed by atoms with Crippen LogP contribution in [0.25, 0.3) is 0 Å². The van der Waals surface area contributed by atoms with Gasteiger partial charge in [0.1, 0.15) is 0 Å². The molecule has 1 aliphatic carbocycles. The average molecular weight is 203 g/mol. The van der Waals surface area contributed by atoms with Crippen LogP contribution in [0.1, 0.15) is 13.3 Å². The fraction of sp³-hybridized carbons (Fsp3) is 0.625. The van der Waals surface area contributed by atoms with Gasteiger partial charge in [-0.05, 0) is 12.3 Å². The lowest BCUT2D eigenvalue weighted by Gasteiger charge is -1.96. The van der Waals surface area contributed by atoms with Gasteiger partial charge in [-0.25, -0.2) is 8.42 Å². The first-order chi connectivity index (χ1) is 5.88. The third kappa shape index (κ3) is 4.07. The third-order valence-electron chi connectivity index (χ3n) is 1.90. The molecule has 0 saturated heterocycles. The molecule has 0 aromatic rings. The molecule has 2 unspecified atom stereocenters. The number of hydrogen-bond donors (Lipinski definition) is 1. The van der Waals surface area contributed by atoms with Crippen molar-refractivity contribution in [3.05, 3.63) is 11.5 Å². The van der Waals surface area contributed by atoms with Crippen LogP contribution >= 0.6 is 0 Å². The molecule has 0 spiro atoms. The second-order valence-electron chi connectivity index (χ2n) is 3.46. The standard InChI is InChI=1S/C8H13NO3S/c1-6-5-7(6)9-8(10)3-4-13(2,11)12/h3-4,6-7H,5H2,1-2H3,(H,9,10)/b4-3+. The van der Waals surface area contributed by atoms with E-state index in [4.69, 9.17) is 0 Å². The van der Waals surface area contributed by atoms with Crippen LogP contribution in [0.5, 0.6) is 0 Å². The topological polar surface area (TPSA) is 63.2 Å². The van der Waals surface area contributed by atoms with Crippen LogP contribution in [0.15, 0.2) is 11.5 Å². The van der Waals surface area contributed by atoms with Crippen molar-refractivity contribution in [1.29, 1.82) is 0 Å². The molecule has 13 heavy (non-hydrogen) atoms. The Morgan fingerprint density at radius 3 is 2.46 bits per heavy atom. The summed E-state index contributed by atoms with van der Waals surface area (Å²) < 4.78 is 21.3. The lowest BCUT2D eigenvalue weighted by Crippen LogP contribution is -2.24. The van der Waals surface area contributed by atoms with Crippen LogP contribution in [-0.2, 0) is 14.6 Å². The van der Waals surface area contributed by atoms with E-state index in [9.17, 15) is 13.2 Å². The monoisotopic (exact) mass is 203 g/mol. The van der Waals surface area contributed by atoms with Gasteiger partial charge in [-0.15, -0.1) is 0 Å². The van der Waals surface area contributed by atoms with Gasteiger partial charge in [-0.2, -0.15) is 0 Å².